The second-order valence-corrected chi connectivity index (χ2v) is 5.33. The largest absolute Gasteiger partial charge is 0.324 e. The van der Waals surface area contributed by atoms with E-state index in [0.717, 1.165) is 28.8 Å². The van der Waals surface area contributed by atoms with E-state index in [4.69, 9.17) is 17.3 Å². The van der Waals surface area contributed by atoms with E-state index in [-0.39, 0.29) is 0 Å². The Kier molecular flexibility index (Phi) is 4.43. The van der Waals surface area contributed by atoms with Crippen LogP contribution in [0.2, 0.25) is 5.15 Å². The highest BCUT2D eigenvalue weighted by atomic mass is 79.9. The molecule has 5 heteroatoms. The first-order valence-corrected chi connectivity index (χ1v) is 6.94. The molecular weight excluding hydrogens is 314 g/mol. The van der Waals surface area contributed by atoms with Crippen LogP contribution in [0.5, 0.6) is 0 Å². The Labute approximate surface area is 120 Å². The van der Waals surface area contributed by atoms with Gasteiger partial charge in [-0.15, -0.1) is 0 Å². The molecule has 2 N–H and O–H groups in total. The van der Waals surface area contributed by atoms with Crippen LogP contribution in [0.15, 0.2) is 28.7 Å². The molecule has 0 aliphatic heterocycles. The van der Waals surface area contributed by atoms with Crippen molar-refractivity contribution in [2.24, 2.45) is 12.8 Å². The summed E-state index contributed by atoms with van der Waals surface area (Å²) in [6.07, 6.45) is 1.72. The van der Waals surface area contributed by atoms with Crippen molar-refractivity contribution in [1.82, 2.24) is 9.55 Å². The molecule has 18 heavy (non-hydrogen) atoms. The smallest absolute Gasteiger partial charge is 0.131 e. The van der Waals surface area contributed by atoms with Gasteiger partial charge in [-0.1, -0.05) is 45.7 Å². The van der Waals surface area contributed by atoms with Crippen LogP contribution >= 0.6 is 27.5 Å². The molecule has 3 nitrogen and oxygen atoms in total. The molecule has 0 spiro atoms. The standard InChI is InChI=1S/C13H15BrClN3/c1-18-12(8-16)17-11(13(18)15)7-6-9-4-2-3-5-10(9)14/h2-5H,6-8,16H2,1H3. The fourth-order valence-corrected chi connectivity index (χ4v) is 2.60. The van der Waals surface area contributed by atoms with Gasteiger partial charge in [0.05, 0.1) is 12.2 Å². The summed E-state index contributed by atoms with van der Waals surface area (Å²) in [5.74, 6) is 0.821. The lowest BCUT2D eigenvalue weighted by atomic mass is 10.1. The molecule has 0 saturated heterocycles. The summed E-state index contributed by atoms with van der Waals surface area (Å²) in [6.45, 7) is 0.408. The number of benzene rings is 1. The summed E-state index contributed by atoms with van der Waals surface area (Å²) in [7, 11) is 1.89. The van der Waals surface area contributed by atoms with Gasteiger partial charge in [-0.3, -0.25) is 0 Å². The van der Waals surface area contributed by atoms with E-state index in [0.29, 0.717) is 11.7 Å². The minimum Gasteiger partial charge on any atom is -0.324 e. The zero-order valence-corrected chi connectivity index (χ0v) is 12.5. The van der Waals surface area contributed by atoms with Gasteiger partial charge in [0.1, 0.15) is 11.0 Å². The molecule has 0 bridgehead atoms. The van der Waals surface area contributed by atoms with Crippen molar-refractivity contribution in [2.75, 3.05) is 0 Å². The zero-order chi connectivity index (χ0) is 13.1. The third kappa shape index (κ3) is 2.76. The Morgan fingerprint density at radius 1 is 1.33 bits per heavy atom. The van der Waals surface area contributed by atoms with Crippen LogP contribution in [0.1, 0.15) is 17.1 Å². The lowest BCUT2D eigenvalue weighted by Gasteiger charge is -2.03. The fraction of sp³-hybridized carbons (Fsp3) is 0.308. The molecule has 1 aromatic carbocycles. The molecular formula is C13H15BrClN3. The van der Waals surface area contributed by atoms with Crippen molar-refractivity contribution < 1.29 is 0 Å². The summed E-state index contributed by atoms with van der Waals surface area (Å²) in [4.78, 5) is 4.46. The molecule has 96 valence electrons. The highest BCUT2D eigenvalue weighted by molar-refractivity contribution is 9.10. The van der Waals surface area contributed by atoms with Crippen LogP contribution in [-0.4, -0.2) is 9.55 Å². The first-order valence-electron chi connectivity index (χ1n) is 5.77. The lowest BCUT2D eigenvalue weighted by molar-refractivity contribution is 0.793. The number of hydrogen-bond donors (Lipinski definition) is 1. The number of aryl methyl sites for hydroxylation is 2. The van der Waals surface area contributed by atoms with Crippen molar-refractivity contribution in [1.29, 1.82) is 0 Å². The van der Waals surface area contributed by atoms with E-state index in [1.807, 2.05) is 29.8 Å². The third-order valence-electron chi connectivity index (χ3n) is 2.96. The number of rotatable bonds is 4. The highest BCUT2D eigenvalue weighted by Crippen LogP contribution is 2.21. The maximum absolute atomic E-state index is 6.23. The maximum Gasteiger partial charge on any atom is 0.131 e. The number of aromatic nitrogens is 2. The van der Waals surface area contributed by atoms with Crippen molar-refractivity contribution >= 4 is 27.5 Å². The predicted molar refractivity (Wildman–Crippen MR) is 77.7 cm³/mol. The van der Waals surface area contributed by atoms with E-state index < -0.39 is 0 Å². The molecule has 0 fully saturated rings. The molecule has 0 aliphatic carbocycles. The Morgan fingerprint density at radius 2 is 2.06 bits per heavy atom. The number of halogens is 2. The second-order valence-electron chi connectivity index (χ2n) is 4.12. The van der Waals surface area contributed by atoms with Crippen molar-refractivity contribution in [2.45, 2.75) is 19.4 Å². The summed E-state index contributed by atoms with van der Waals surface area (Å²) < 4.78 is 2.97. The van der Waals surface area contributed by atoms with E-state index in [9.17, 15) is 0 Å². The molecule has 0 unspecified atom stereocenters. The summed E-state index contributed by atoms with van der Waals surface area (Å²) in [5.41, 5.74) is 7.79. The van der Waals surface area contributed by atoms with Gasteiger partial charge >= 0.3 is 0 Å². The Balaban J connectivity index is 2.14. The van der Waals surface area contributed by atoms with Gasteiger partial charge in [0, 0.05) is 11.5 Å². The van der Waals surface area contributed by atoms with Crippen LogP contribution in [0.3, 0.4) is 0 Å². The molecule has 0 atom stereocenters. The Morgan fingerprint density at radius 3 is 2.67 bits per heavy atom. The van der Waals surface area contributed by atoms with Crippen LogP contribution in [0.25, 0.3) is 0 Å². The van der Waals surface area contributed by atoms with E-state index in [1.54, 1.807) is 0 Å². The first-order chi connectivity index (χ1) is 8.63. The van der Waals surface area contributed by atoms with E-state index in [2.05, 4.69) is 27.0 Å². The molecule has 0 saturated carbocycles. The average Bonchev–Trinajstić information content (AvgIpc) is 2.65. The molecule has 2 rings (SSSR count). The zero-order valence-electron chi connectivity index (χ0n) is 10.2. The molecule has 1 heterocycles. The monoisotopic (exact) mass is 327 g/mol. The molecule has 0 radical (unpaired) electrons. The fourth-order valence-electron chi connectivity index (χ4n) is 1.88. The van der Waals surface area contributed by atoms with Gasteiger partial charge in [-0.25, -0.2) is 4.98 Å². The number of hydrogen-bond acceptors (Lipinski definition) is 2. The summed E-state index contributed by atoms with van der Waals surface area (Å²) in [5, 5.41) is 0.683. The van der Waals surface area contributed by atoms with Gasteiger partial charge in [-0.05, 0) is 24.5 Å². The van der Waals surface area contributed by atoms with Crippen LogP contribution in [-0.2, 0) is 26.4 Å². The molecule has 0 amide bonds. The highest BCUT2D eigenvalue weighted by Gasteiger charge is 2.12. The Bertz CT molecular complexity index is 551. The van der Waals surface area contributed by atoms with E-state index >= 15 is 0 Å². The second kappa shape index (κ2) is 5.87. The minimum absolute atomic E-state index is 0.408. The van der Waals surface area contributed by atoms with Crippen molar-refractivity contribution in [3.63, 3.8) is 0 Å². The van der Waals surface area contributed by atoms with Gasteiger partial charge in [-0.2, -0.15) is 0 Å². The van der Waals surface area contributed by atoms with Crippen LogP contribution in [0.4, 0.5) is 0 Å². The normalized spacial score (nSPS) is 10.9. The summed E-state index contributed by atoms with van der Waals surface area (Å²) in [6, 6.07) is 8.19. The molecule has 2 aromatic rings. The quantitative estimate of drug-likeness (QED) is 0.937. The van der Waals surface area contributed by atoms with Crippen molar-refractivity contribution in [3.8, 4) is 0 Å². The SMILES string of the molecule is Cn1c(CN)nc(CCc2ccccc2Br)c1Cl. The topological polar surface area (TPSA) is 43.8 Å². The minimum atomic E-state index is 0.408. The number of nitrogens with zero attached hydrogens (tertiary/aromatic N) is 2. The molecule has 0 aliphatic rings. The van der Waals surface area contributed by atoms with Crippen LogP contribution < -0.4 is 5.73 Å². The van der Waals surface area contributed by atoms with Gasteiger partial charge in [0.2, 0.25) is 0 Å². The number of imidazole rings is 1. The van der Waals surface area contributed by atoms with Gasteiger partial charge in [0.15, 0.2) is 0 Å². The Hall–Kier alpha value is -0.840. The maximum atomic E-state index is 6.23. The predicted octanol–water partition coefficient (Wildman–Crippen LogP) is 3.08. The lowest BCUT2D eigenvalue weighted by Crippen LogP contribution is -2.04. The summed E-state index contributed by atoms with van der Waals surface area (Å²) >= 11 is 9.77. The van der Waals surface area contributed by atoms with Gasteiger partial charge < -0.3 is 10.3 Å². The van der Waals surface area contributed by atoms with Gasteiger partial charge in [0.25, 0.3) is 0 Å². The average molecular weight is 329 g/mol. The van der Waals surface area contributed by atoms with Crippen LogP contribution in [0, 0.1) is 0 Å². The number of nitrogens with two attached hydrogens (primary N) is 1. The third-order valence-corrected chi connectivity index (χ3v) is 4.20. The first kappa shape index (κ1) is 13.6. The van der Waals surface area contributed by atoms with E-state index in [1.165, 1.54) is 5.56 Å². The molecule has 1 aromatic heterocycles. The van der Waals surface area contributed by atoms with Crippen molar-refractivity contribution in [3.05, 3.63) is 51.0 Å².